The number of hydrogen-bond donors (Lipinski definition) is 0. The number of aryl methyl sites for hydroxylation is 1. The zero-order chi connectivity index (χ0) is 12.5. The maximum Gasteiger partial charge on any atom is 0.273 e. The molecule has 3 nitrogen and oxygen atoms in total. The SMILES string of the molecule is Cc1cccc2nc(=O)cc(-c3ccccc3)n12. The lowest BCUT2D eigenvalue weighted by molar-refractivity contribution is 1.03. The molecule has 0 unspecified atom stereocenters. The Morgan fingerprint density at radius 1 is 1.00 bits per heavy atom. The molecule has 0 bridgehead atoms. The maximum absolute atomic E-state index is 11.7. The van der Waals surface area contributed by atoms with Gasteiger partial charge < -0.3 is 0 Å². The zero-order valence-corrected chi connectivity index (χ0v) is 10.00. The molecule has 3 aromatic rings. The molecule has 0 fully saturated rings. The highest BCUT2D eigenvalue weighted by Gasteiger charge is 2.06. The Bertz CT molecular complexity index is 760. The smallest absolute Gasteiger partial charge is 0.273 e. The fourth-order valence-electron chi connectivity index (χ4n) is 2.15. The second-order valence-corrected chi connectivity index (χ2v) is 4.21. The van der Waals surface area contributed by atoms with Gasteiger partial charge in [0.1, 0.15) is 5.65 Å². The van der Waals surface area contributed by atoms with Gasteiger partial charge in [0, 0.05) is 11.8 Å². The number of benzene rings is 1. The number of pyridine rings is 1. The van der Waals surface area contributed by atoms with Crippen LogP contribution >= 0.6 is 0 Å². The molecule has 0 aliphatic carbocycles. The lowest BCUT2D eigenvalue weighted by atomic mass is 10.1. The number of fused-ring (bicyclic) bond motifs is 1. The highest BCUT2D eigenvalue weighted by molar-refractivity contribution is 5.63. The summed E-state index contributed by atoms with van der Waals surface area (Å²) in [6.07, 6.45) is 0. The summed E-state index contributed by atoms with van der Waals surface area (Å²) in [4.78, 5) is 15.7. The highest BCUT2D eigenvalue weighted by atomic mass is 16.1. The molecule has 0 saturated heterocycles. The predicted octanol–water partition coefficient (Wildman–Crippen LogP) is 2.67. The molecule has 0 radical (unpaired) electrons. The summed E-state index contributed by atoms with van der Waals surface area (Å²) >= 11 is 0. The molecule has 2 heterocycles. The van der Waals surface area contributed by atoms with Crippen LogP contribution in [0.4, 0.5) is 0 Å². The first-order valence-corrected chi connectivity index (χ1v) is 5.80. The van der Waals surface area contributed by atoms with E-state index in [1.807, 2.05) is 59.9 Å². The summed E-state index contributed by atoms with van der Waals surface area (Å²) in [5.41, 5.74) is 3.42. The Morgan fingerprint density at radius 2 is 1.78 bits per heavy atom. The first-order valence-electron chi connectivity index (χ1n) is 5.80. The largest absolute Gasteiger partial charge is 0.298 e. The fraction of sp³-hybridized carbons (Fsp3) is 0.0667. The number of nitrogens with zero attached hydrogens (tertiary/aromatic N) is 2. The van der Waals surface area contributed by atoms with Crippen LogP contribution in [0.2, 0.25) is 0 Å². The molecule has 0 aliphatic heterocycles. The van der Waals surface area contributed by atoms with E-state index in [1.165, 1.54) is 0 Å². The summed E-state index contributed by atoms with van der Waals surface area (Å²) < 4.78 is 2.00. The summed E-state index contributed by atoms with van der Waals surface area (Å²) in [7, 11) is 0. The molecule has 1 aromatic carbocycles. The van der Waals surface area contributed by atoms with Gasteiger partial charge in [0.05, 0.1) is 5.69 Å². The Hall–Kier alpha value is -2.42. The Balaban J connectivity index is 2.45. The fourth-order valence-corrected chi connectivity index (χ4v) is 2.15. The van der Waals surface area contributed by atoms with Crippen LogP contribution < -0.4 is 5.56 Å². The molecule has 2 aromatic heterocycles. The van der Waals surface area contributed by atoms with E-state index in [0.717, 1.165) is 17.0 Å². The van der Waals surface area contributed by atoms with Crippen LogP contribution in [0, 0.1) is 6.92 Å². The third kappa shape index (κ3) is 1.70. The van der Waals surface area contributed by atoms with E-state index in [1.54, 1.807) is 6.07 Å². The minimum Gasteiger partial charge on any atom is -0.298 e. The summed E-state index contributed by atoms with van der Waals surface area (Å²) in [5.74, 6) is 0. The topological polar surface area (TPSA) is 34.4 Å². The van der Waals surface area contributed by atoms with Gasteiger partial charge in [-0.1, -0.05) is 36.4 Å². The van der Waals surface area contributed by atoms with Crippen molar-refractivity contribution in [1.29, 1.82) is 0 Å². The molecule has 0 N–H and O–H groups in total. The quantitative estimate of drug-likeness (QED) is 0.651. The molecule has 18 heavy (non-hydrogen) atoms. The summed E-state index contributed by atoms with van der Waals surface area (Å²) in [6.45, 7) is 2.01. The van der Waals surface area contributed by atoms with E-state index in [0.29, 0.717) is 5.65 Å². The van der Waals surface area contributed by atoms with Gasteiger partial charge in [0.25, 0.3) is 5.56 Å². The van der Waals surface area contributed by atoms with Crippen molar-refractivity contribution in [3.63, 3.8) is 0 Å². The van der Waals surface area contributed by atoms with Crippen molar-refractivity contribution in [3.05, 3.63) is 70.6 Å². The van der Waals surface area contributed by atoms with Crippen molar-refractivity contribution in [2.75, 3.05) is 0 Å². The van der Waals surface area contributed by atoms with Gasteiger partial charge in [-0.25, -0.2) is 0 Å². The molecule has 0 aliphatic rings. The highest BCUT2D eigenvalue weighted by Crippen LogP contribution is 2.19. The van der Waals surface area contributed by atoms with Gasteiger partial charge >= 0.3 is 0 Å². The standard InChI is InChI=1S/C15H12N2O/c1-11-6-5-9-14-16-15(18)10-13(17(11)14)12-7-3-2-4-8-12/h2-10H,1H3. The number of rotatable bonds is 1. The van der Waals surface area contributed by atoms with Crippen LogP contribution in [0.25, 0.3) is 16.9 Å². The lowest BCUT2D eigenvalue weighted by Crippen LogP contribution is -2.11. The molecule has 3 heteroatoms. The number of aromatic nitrogens is 2. The van der Waals surface area contributed by atoms with E-state index < -0.39 is 0 Å². The lowest BCUT2D eigenvalue weighted by Gasteiger charge is -2.11. The van der Waals surface area contributed by atoms with Crippen molar-refractivity contribution >= 4 is 5.65 Å². The maximum atomic E-state index is 11.7. The minimum atomic E-state index is -0.209. The van der Waals surface area contributed by atoms with E-state index in [4.69, 9.17) is 0 Å². The average Bonchev–Trinajstić information content (AvgIpc) is 2.39. The van der Waals surface area contributed by atoms with Crippen molar-refractivity contribution in [1.82, 2.24) is 9.38 Å². The first kappa shape index (κ1) is 10.7. The predicted molar refractivity (Wildman–Crippen MR) is 71.6 cm³/mol. The molecule has 0 amide bonds. The second-order valence-electron chi connectivity index (χ2n) is 4.21. The van der Waals surface area contributed by atoms with Gasteiger partial charge in [-0.15, -0.1) is 0 Å². The van der Waals surface area contributed by atoms with Crippen molar-refractivity contribution < 1.29 is 0 Å². The molecular weight excluding hydrogens is 224 g/mol. The Kier molecular flexibility index (Phi) is 2.45. The van der Waals surface area contributed by atoms with E-state index in [-0.39, 0.29) is 5.56 Å². The van der Waals surface area contributed by atoms with Gasteiger partial charge in [-0.3, -0.25) is 9.20 Å². The monoisotopic (exact) mass is 236 g/mol. The van der Waals surface area contributed by atoms with Gasteiger partial charge in [0.2, 0.25) is 0 Å². The van der Waals surface area contributed by atoms with Crippen LogP contribution in [0.15, 0.2) is 59.4 Å². The Labute approximate surface area is 104 Å². The molecule has 0 atom stereocenters. The van der Waals surface area contributed by atoms with E-state index in [2.05, 4.69) is 4.98 Å². The van der Waals surface area contributed by atoms with Crippen LogP contribution in [0.1, 0.15) is 5.69 Å². The zero-order valence-electron chi connectivity index (χ0n) is 10.00. The third-order valence-electron chi connectivity index (χ3n) is 2.96. The molecule has 0 saturated carbocycles. The normalized spacial score (nSPS) is 10.7. The van der Waals surface area contributed by atoms with Crippen LogP contribution in [0.5, 0.6) is 0 Å². The van der Waals surface area contributed by atoms with Gasteiger partial charge in [-0.2, -0.15) is 4.98 Å². The third-order valence-corrected chi connectivity index (χ3v) is 2.96. The first-order chi connectivity index (χ1) is 8.75. The van der Waals surface area contributed by atoms with E-state index in [9.17, 15) is 4.79 Å². The average molecular weight is 236 g/mol. The Morgan fingerprint density at radius 3 is 2.56 bits per heavy atom. The van der Waals surface area contributed by atoms with Crippen LogP contribution in [-0.2, 0) is 0 Å². The summed E-state index contributed by atoms with van der Waals surface area (Å²) in [5, 5.41) is 0. The van der Waals surface area contributed by atoms with Crippen molar-refractivity contribution in [2.24, 2.45) is 0 Å². The molecular formula is C15H12N2O. The number of hydrogen-bond acceptors (Lipinski definition) is 2. The van der Waals surface area contributed by atoms with Crippen molar-refractivity contribution in [3.8, 4) is 11.3 Å². The minimum absolute atomic E-state index is 0.209. The summed E-state index contributed by atoms with van der Waals surface area (Å²) in [6, 6.07) is 17.2. The van der Waals surface area contributed by atoms with Crippen LogP contribution in [0.3, 0.4) is 0 Å². The van der Waals surface area contributed by atoms with E-state index >= 15 is 0 Å². The van der Waals surface area contributed by atoms with Crippen LogP contribution in [-0.4, -0.2) is 9.38 Å². The second kappa shape index (κ2) is 4.11. The van der Waals surface area contributed by atoms with Gasteiger partial charge in [0.15, 0.2) is 0 Å². The van der Waals surface area contributed by atoms with Gasteiger partial charge in [-0.05, 0) is 24.6 Å². The molecule has 3 rings (SSSR count). The molecule has 0 spiro atoms. The van der Waals surface area contributed by atoms with Crippen molar-refractivity contribution in [2.45, 2.75) is 6.92 Å². The molecule has 88 valence electrons.